The Balaban J connectivity index is 1.55. The molecule has 9 nitrogen and oxygen atoms in total. The molecule has 3 heterocycles. The summed E-state index contributed by atoms with van der Waals surface area (Å²) in [4.78, 5) is 38.3. The summed E-state index contributed by atoms with van der Waals surface area (Å²) >= 11 is 1.62. The molecule has 0 spiro atoms. The van der Waals surface area contributed by atoms with Gasteiger partial charge in [0.15, 0.2) is 0 Å². The summed E-state index contributed by atoms with van der Waals surface area (Å²) in [7, 11) is 0. The number of ether oxygens (including phenoxy) is 1. The number of likely N-dealkylation sites (tertiary alicyclic amines) is 1. The number of rotatable bonds is 6. The molecule has 4 rings (SSSR count). The van der Waals surface area contributed by atoms with E-state index in [1.165, 1.54) is 0 Å². The number of alkyl carbamates (subject to hydrolysis) is 1. The van der Waals surface area contributed by atoms with E-state index < -0.39 is 35.3 Å². The third-order valence-corrected chi connectivity index (χ3v) is 7.67. The second kappa shape index (κ2) is 11.1. The van der Waals surface area contributed by atoms with Crippen molar-refractivity contribution in [1.82, 2.24) is 24.8 Å². The van der Waals surface area contributed by atoms with Gasteiger partial charge >= 0.3 is 6.09 Å². The van der Waals surface area contributed by atoms with Gasteiger partial charge in [0.2, 0.25) is 5.91 Å². The van der Waals surface area contributed by atoms with Gasteiger partial charge in [0, 0.05) is 31.9 Å². The lowest BCUT2D eigenvalue weighted by Crippen LogP contribution is -2.55. The van der Waals surface area contributed by atoms with Crippen molar-refractivity contribution in [3.8, 4) is 10.4 Å². The summed E-state index contributed by atoms with van der Waals surface area (Å²) in [5, 5.41) is 13.4. The minimum absolute atomic E-state index is 0.168. The summed E-state index contributed by atoms with van der Waals surface area (Å²) in [6.45, 7) is 13.8. The van der Waals surface area contributed by atoms with Gasteiger partial charge in [0.1, 0.15) is 17.5 Å². The minimum atomic E-state index is -0.841. The fourth-order valence-corrected chi connectivity index (χ4v) is 5.64. The number of carbonyl (C=O) groups excluding carboxylic acids is 2. The smallest absolute Gasteiger partial charge is 0.408 e. The Hall–Kier alpha value is -3.24. The van der Waals surface area contributed by atoms with Crippen molar-refractivity contribution in [1.29, 1.82) is 0 Å². The molecule has 39 heavy (non-hydrogen) atoms. The Kier molecular flexibility index (Phi) is 8.18. The predicted molar refractivity (Wildman–Crippen MR) is 151 cm³/mol. The van der Waals surface area contributed by atoms with Crippen LogP contribution in [0, 0.1) is 12.3 Å². The van der Waals surface area contributed by atoms with Crippen LogP contribution >= 0.6 is 11.3 Å². The minimum Gasteiger partial charge on any atom is -0.444 e. The van der Waals surface area contributed by atoms with Crippen LogP contribution in [0.2, 0.25) is 0 Å². The lowest BCUT2D eigenvalue weighted by Gasteiger charge is -2.36. The fourth-order valence-electron chi connectivity index (χ4n) is 4.83. The van der Waals surface area contributed by atoms with E-state index in [4.69, 9.17) is 4.74 Å². The maximum Gasteiger partial charge on any atom is 0.408 e. The third kappa shape index (κ3) is 6.86. The van der Waals surface area contributed by atoms with E-state index in [0.717, 1.165) is 21.7 Å². The lowest BCUT2D eigenvalue weighted by molar-refractivity contribution is -0.137. The van der Waals surface area contributed by atoms with Crippen LogP contribution in [0.25, 0.3) is 10.4 Å². The van der Waals surface area contributed by atoms with Crippen LogP contribution < -0.4 is 5.32 Å². The topological polar surface area (TPSA) is 110 Å². The van der Waals surface area contributed by atoms with Gasteiger partial charge in [-0.1, -0.05) is 45.0 Å². The summed E-state index contributed by atoms with van der Waals surface area (Å²) in [5.41, 5.74) is 3.82. The Morgan fingerprint density at radius 3 is 2.44 bits per heavy atom. The number of aromatic nitrogens is 3. The predicted octanol–water partition coefficient (Wildman–Crippen LogP) is 4.94. The SMILES string of the molecule is Cc1ncsc1-c1ccc(Cn2ccnc2[C@@H]2C[C@@H](O)CN2C(=O)[C@@H](NC(=O)OC(C)(C)C)C(C)(C)C)cc1. The molecule has 210 valence electrons. The molecular weight excluding hydrogens is 514 g/mol. The van der Waals surface area contributed by atoms with Crippen molar-refractivity contribution in [3.05, 3.63) is 59.3 Å². The Labute approximate surface area is 234 Å². The average Bonchev–Trinajstić information content (AvgIpc) is 3.55. The standard InChI is InChI=1S/C29H39N5O4S/c1-18-23(39-17-31-18)20-10-8-19(9-11-20)15-33-13-12-30-25(33)22-14-21(35)16-34(22)26(36)24(28(2,3)4)32-27(37)38-29(5,6)7/h8-13,17,21-22,24,35H,14-16H2,1-7H3,(H,32,37)/t21-,22+,24-/m1/s1. The second-order valence-electron chi connectivity index (χ2n) is 12.2. The van der Waals surface area contributed by atoms with Crippen molar-refractivity contribution in [3.63, 3.8) is 0 Å². The molecule has 3 atom stereocenters. The molecular formula is C29H39N5O4S. The number of β-amino-alcohol motifs (C(OH)–C–C–N with tert-alkyl or cyclic N) is 1. The summed E-state index contributed by atoms with van der Waals surface area (Å²) in [6.07, 6.45) is 2.65. The largest absolute Gasteiger partial charge is 0.444 e. The first kappa shape index (κ1) is 28.8. The van der Waals surface area contributed by atoms with Crippen LogP contribution in [0.15, 0.2) is 42.2 Å². The molecule has 0 bridgehead atoms. The molecule has 0 saturated carbocycles. The number of nitrogens with one attached hydrogen (secondary N) is 1. The Bertz CT molecular complexity index is 1300. The third-order valence-electron chi connectivity index (χ3n) is 6.70. The van der Waals surface area contributed by atoms with E-state index in [0.29, 0.717) is 18.8 Å². The van der Waals surface area contributed by atoms with E-state index in [-0.39, 0.29) is 12.5 Å². The lowest BCUT2D eigenvalue weighted by atomic mass is 9.85. The van der Waals surface area contributed by atoms with Crippen molar-refractivity contribution >= 4 is 23.3 Å². The van der Waals surface area contributed by atoms with Crippen LogP contribution in [0.3, 0.4) is 0 Å². The number of hydrogen-bond donors (Lipinski definition) is 2. The van der Waals surface area contributed by atoms with Gasteiger partial charge in [-0.05, 0) is 44.2 Å². The number of hydrogen-bond acceptors (Lipinski definition) is 7. The molecule has 1 fully saturated rings. The molecule has 3 aromatic rings. The number of aryl methyl sites for hydroxylation is 1. The summed E-state index contributed by atoms with van der Waals surface area (Å²) < 4.78 is 7.45. The van der Waals surface area contributed by atoms with Gasteiger partial charge in [0.25, 0.3) is 0 Å². The molecule has 1 aliphatic rings. The first-order valence-electron chi connectivity index (χ1n) is 13.2. The highest BCUT2D eigenvalue weighted by Crippen LogP contribution is 2.35. The molecule has 1 aliphatic heterocycles. The summed E-state index contributed by atoms with van der Waals surface area (Å²) in [6, 6.07) is 7.10. The van der Waals surface area contributed by atoms with Crippen molar-refractivity contribution in [2.24, 2.45) is 5.41 Å². The van der Waals surface area contributed by atoms with E-state index >= 15 is 0 Å². The molecule has 2 aromatic heterocycles. The van der Waals surface area contributed by atoms with Gasteiger partial charge in [-0.2, -0.15) is 0 Å². The number of benzene rings is 1. The number of amides is 2. The molecule has 0 aliphatic carbocycles. The number of carbonyl (C=O) groups is 2. The van der Waals surface area contributed by atoms with Gasteiger partial charge < -0.3 is 24.6 Å². The first-order chi connectivity index (χ1) is 18.2. The van der Waals surface area contributed by atoms with E-state index in [9.17, 15) is 14.7 Å². The first-order valence-corrected chi connectivity index (χ1v) is 14.1. The highest BCUT2D eigenvalue weighted by atomic mass is 32.1. The molecule has 2 amide bonds. The highest BCUT2D eigenvalue weighted by Gasteiger charge is 2.44. The van der Waals surface area contributed by atoms with Crippen LogP contribution in [-0.4, -0.2) is 60.8 Å². The number of nitrogens with zero attached hydrogens (tertiary/aromatic N) is 4. The number of thiazole rings is 1. The molecule has 1 saturated heterocycles. The normalized spacial score (nSPS) is 18.7. The molecule has 2 N–H and O–H groups in total. The average molecular weight is 554 g/mol. The summed E-state index contributed by atoms with van der Waals surface area (Å²) in [5.74, 6) is 0.431. The molecule has 0 radical (unpaired) electrons. The van der Waals surface area contributed by atoms with Gasteiger partial charge in [-0.3, -0.25) is 4.79 Å². The van der Waals surface area contributed by atoms with Crippen LogP contribution in [0.5, 0.6) is 0 Å². The van der Waals surface area contributed by atoms with Crippen LogP contribution in [-0.2, 0) is 16.1 Å². The maximum absolute atomic E-state index is 13.9. The fraction of sp³-hybridized carbons (Fsp3) is 0.517. The van der Waals surface area contributed by atoms with Crippen LogP contribution in [0.1, 0.15) is 71.1 Å². The quantitative estimate of drug-likeness (QED) is 0.448. The zero-order valence-electron chi connectivity index (χ0n) is 23.8. The van der Waals surface area contributed by atoms with E-state index in [2.05, 4.69) is 39.6 Å². The monoisotopic (exact) mass is 553 g/mol. The van der Waals surface area contributed by atoms with Crippen molar-refractivity contribution in [2.75, 3.05) is 6.54 Å². The van der Waals surface area contributed by atoms with E-state index in [1.54, 1.807) is 43.2 Å². The van der Waals surface area contributed by atoms with Crippen molar-refractivity contribution < 1.29 is 19.4 Å². The van der Waals surface area contributed by atoms with Crippen molar-refractivity contribution in [2.45, 2.75) is 85.2 Å². The van der Waals surface area contributed by atoms with Crippen LogP contribution in [0.4, 0.5) is 4.79 Å². The molecule has 10 heteroatoms. The molecule has 1 aromatic carbocycles. The number of aliphatic hydroxyl groups excluding tert-OH is 1. The zero-order valence-corrected chi connectivity index (χ0v) is 24.6. The Morgan fingerprint density at radius 2 is 1.85 bits per heavy atom. The molecule has 0 unspecified atom stereocenters. The Morgan fingerprint density at radius 1 is 1.15 bits per heavy atom. The van der Waals surface area contributed by atoms with Gasteiger partial charge in [0.05, 0.1) is 28.2 Å². The zero-order chi connectivity index (χ0) is 28.5. The van der Waals surface area contributed by atoms with E-state index in [1.807, 2.05) is 44.0 Å². The van der Waals surface area contributed by atoms with Gasteiger partial charge in [-0.15, -0.1) is 11.3 Å². The number of imidazole rings is 1. The second-order valence-corrected chi connectivity index (χ2v) is 13.1. The highest BCUT2D eigenvalue weighted by molar-refractivity contribution is 7.13. The van der Waals surface area contributed by atoms with Gasteiger partial charge in [-0.25, -0.2) is 14.8 Å². The maximum atomic E-state index is 13.9. The number of aliphatic hydroxyl groups is 1.